The summed E-state index contributed by atoms with van der Waals surface area (Å²) in [4.78, 5) is 7.57. The van der Waals surface area contributed by atoms with E-state index in [0.717, 1.165) is 42.3 Å². The number of hydrogen-bond donors (Lipinski definition) is 0. The summed E-state index contributed by atoms with van der Waals surface area (Å²) in [6, 6.07) is 16.7. The van der Waals surface area contributed by atoms with Crippen LogP contribution < -0.4 is 0 Å². The van der Waals surface area contributed by atoms with Gasteiger partial charge in [0.1, 0.15) is 5.82 Å². The van der Waals surface area contributed by atoms with Gasteiger partial charge >= 0.3 is 0 Å². The second kappa shape index (κ2) is 11.4. The highest BCUT2D eigenvalue weighted by atomic mass is 35.5. The molecule has 0 radical (unpaired) electrons. The standard InChI is InChI=1S/C25H34ClN3/c1-3-5-15-28(16-6-4-2)17-10-18-29-24-14-13-22(26)20-23(24)27-25(29)19-21-11-8-7-9-12-21/h7-9,11-14,20H,3-6,10,15-19H2,1-2H3. The van der Waals surface area contributed by atoms with Crippen molar-refractivity contribution in [1.82, 2.24) is 14.5 Å². The predicted molar refractivity (Wildman–Crippen MR) is 125 cm³/mol. The van der Waals surface area contributed by atoms with Gasteiger partial charge in [0, 0.05) is 18.0 Å². The van der Waals surface area contributed by atoms with Gasteiger partial charge in [-0.1, -0.05) is 68.6 Å². The molecule has 0 saturated heterocycles. The van der Waals surface area contributed by atoms with Crippen LogP contribution in [-0.4, -0.2) is 34.1 Å². The topological polar surface area (TPSA) is 21.1 Å². The van der Waals surface area contributed by atoms with E-state index < -0.39 is 0 Å². The van der Waals surface area contributed by atoms with E-state index in [1.165, 1.54) is 49.9 Å². The summed E-state index contributed by atoms with van der Waals surface area (Å²) in [6.45, 7) is 9.13. The summed E-state index contributed by atoms with van der Waals surface area (Å²) in [5.41, 5.74) is 3.48. The Labute approximate surface area is 180 Å². The molecule has 0 aliphatic carbocycles. The molecule has 29 heavy (non-hydrogen) atoms. The maximum atomic E-state index is 6.23. The Bertz CT molecular complexity index is 864. The molecule has 0 spiro atoms. The molecule has 4 heteroatoms. The number of imidazole rings is 1. The fraction of sp³-hybridized carbons (Fsp3) is 0.480. The summed E-state index contributed by atoms with van der Waals surface area (Å²) in [5.74, 6) is 1.13. The summed E-state index contributed by atoms with van der Waals surface area (Å²) in [7, 11) is 0. The fourth-order valence-electron chi connectivity index (χ4n) is 3.87. The first-order chi connectivity index (χ1) is 14.2. The molecule has 0 amide bonds. The number of rotatable bonds is 12. The second-order valence-corrected chi connectivity index (χ2v) is 8.31. The van der Waals surface area contributed by atoms with E-state index in [0.29, 0.717) is 0 Å². The van der Waals surface area contributed by atoms with Crippen LogP contribution in [0, 0.1) is 0 Å². The van der Waals surface area contributed by atoms with Crippen molar-refractivity contribution in [2.45, 2.75) is 58.9 Å². The number of hydrogen-bond acceptors (Lipinski definition) is 2. The lowest BCUT2D eigenvalue weighted by atomic mass is 10.1. The molecule has 3 nitrogen and oxygen atoms in total. The van der Waals surface area contributed by atoms with Gasteiger partial charge in [-0.3, -0.25) is 0 Å². The summed E-state index contributed by atoms with van der Waals surface area (Å²) >= 11 is 6.23. The number of nitrogens with zero attached hydrogens (tertiary/aromatic N) is 3. The number of aryl methyl sites for hydroxylation is 1. The highest BCUT2D eigenvalue weighted by Crippen LogP contribution is 2.22. The van der Waals surface area contributed by atoms with E-state index in [1.54, 1.807) is 0 Å². The minimum Gasteiger partial charge on any atom is -0.328 e. The monoisotopic (exact) mass is 411 g/mol. The van der Waals surface area contributed by atoms with Crippen molar-refractivity contribution in [2.75, 3.05) is 19.6 Å². The van der Waals surface area contributed by atoms with Gasteiger partial charge in [0.2, 0.25) is 0 Å². The van der Waals surface area contributed by atoms with Gasteiger partial charge in [-0.15, -0.1) is 0 Å². The van der Waals surface area contributed by atoms with Gasteiger partial charge in [-0.2, -0.15) is 0 Å². The lowest BCUT2D eigenvalue weighted by Gasteiger charge is -2.22. The van der Waals surface area contributed by atoms with Gasteiger partial charge in [0.15, 0.2) is 0 Å². The van der Waals surface area contributed by atoms with Gasteiger partial charge in [0.05, 0.1) is 11.0 Å². The summed E-state index contributed by atoms with van der Waals surface area (Å²) in [6.07, 6.45) is 7.09. The summed E-state index contributed by atoms with van der Waals surface area (Å²) in [5, 5.41) is 0.749. The number of unbranched alkanes of at least 4 members (excludes halogenated alkanes) is 2. The van der Waals surface area contributed by atoms with Gasteiger partial charge < -0.3 is 9.47 Å². The molecule has 3 rings (SSSR count). The van der Waals surface area contributed by atoms with Crippen molar-refractivity contribution >= 4 is 22.6 Å². The van der Waals surface area contributed by atoms with Crippen LogP contribution in [0.5, 0.6) is 0 Å². The first kappa shape index (κ1) is 21.9. The number of halogens is 1. The molecule has 0 N–H and O–H groups in total. The van der Waals surface area contributed by atoms with Gasteiger partial charge in [0.25, 0.3) is 0 Å². The van der Waals surface area contributed by atoms with Crippen LogP contribution in [-0.2, 0) is 13.0 Å². The van der Waals surface area contributed by atoms with E-state index in [2.05, 4.69) is 59.7 Å². The van der Waals surface area contributed by atoms with Crippen molar-refractivity contribution in [1.29, 1.82) is 0 Å². The molecule has 3 aromatic rings. The molecule has 0 atom stereocenters. The minimum atomic E-state index is 0.749. The quantitative estimate of drug-likeness (QED) is 0.336. The predicted octanol–water partition coefficient (Wildman–Crippen LogP) is 6.57. The molecule has 0 fully saturated rings. The molecule has 2 aromatic carbocycles. The Hall–Kier alpha value is -1.84. The van der Waals surface area contributed by atoms with E-state index in [-0.39, 0.29) is 0 Å². The first-order valence-corrected chi connectivity index (χ1v) is 11.5. The van der Waals surface area contributed by atoms with Crippen molar-refractivity contribution in [3.05, 3.63) is 64.9 Å². The molecule has 0 unspecified atom stereocenters. The Balaban J connectivity index is 1.74. The maximum Gasteiger partial charge on any atom is 0.114 e. The molecule has 1 heterocycles. The third kappa shape index (κ3) is 6.32. The highest BCUT2D eigenvalue weighted by molar-refractivity contribution is 6.31. The molecule has 1 aromatic heterocycles. The average Bonchev–Trinajstić information content (AvgIpc) is 3.06. The number of fused-ring (bicyclic) bond motifs is 1. The maximum absolute atomic E-state index is 6.23. The van der Waals surface area contributed by atoms with Gasteiger partial charge in [-0.05, 0) is 62.7 Å². The Kier molecular flexibility index (Phi) is 8.57. The van der Waals surface area contributed by atoms with Crippen LogP contribution in [0.25, 0.3) is 11.0 Å². The molecule has 0 aliphatic heterocycles. The molecular formula is C25H34ClN3. The van der Waals surface area contributed by atoms with Gasteiger partial charge in [-0.25, -0.2) is 4.98 Å². The third-order valence-electron chi connectivity index (χ3n) is 5.51. The van der Waals surface area contributed by atoms with Crippen LogP contribution in [0.1, 0.15) is 57.3 Å². The van der Waals surface area contributed by atoms with Crippen molar-refractivity contribution in [3.63, 3.8) is 0 Å². The van der Waals surface area contributed by atoms with Crippen molar-refractivity contribution in [3.8, 4) is 0 Å². The lowest BCUT2D eigenvalue weighted by molar-refractivity contribution is 0.257. The van der Waals surface area contributed by atoms with E-state index >= 15 is 0 Å². The van der Waals surface area contributed by atoms with Crippen LogP contribution in [0.2, 0.25) is 5.02 Å². The SMILES string of the molecule is CCCCN(CCCC)CCCn1c(Cc2ccccc2)nc2cc(Cl)ccc21. The largest absolute Gasteiger partial charge is 0.328 e. The Morgan fingerprint density at radius 2 is 1.59 bits per heavy atom. The normalized spacial score (nSPS) is 11.6. The molecule has 156 valence electrons. The number of benzene rings is 2. The molecule has 0 bridgehead atoms. The van der Waals surface area contributed by atoms with E-state index in [1.807, 2.05) is 12.1 Å². The molecule has 0 saturated carbocycles. The smallest absolute Gasteiger partial charge is 0.114 e. The zero-order valence-electron chi connectivity index (χ0n) is 17.9. The zero-order chi connectivity index (χ0) is 20.5. The number of aromatic nitrogens is 2. The Morgan fingerprint density at radius 1 is 0.897 bits per heavy atom. The van der Waals surface area contributed by atoms with E-state index in [4.69, 9.17) is 16.6 Å². The average molecular weight is 412 g/mol. The molecular weight excluding hydrogens is 378 g/mol. The third-order valence-corrected chi connectivity index (χ3v) is 5.74. The minimum absolute atomic E-state index is 0.749. The summed E-state index contributed by atoms with van der Waals surface area (Å²) < 4.78 is 2.40. The van der Waals surface area contributed by atoms with Crippen LogP contribution in [0.4, 0.5) is 0 Å². The van der Waals surface area contributed by atoms with Crippen molar-refractivity contribution in [2.24, 2.45) is 0 Å². The second-order valence-electron chi connectivity index (χ2n) is 7.88. The Morgan fingerprint density at radius 3 is 2.28 bits per heavy atom. The fourth-order valence-corrected chi connectivity index (χ4v) is 4.03. The van der Waals surface area contributed by atoms with E-state index in [9.17, 15) is 0 Å². The van der Waals surface area contributed by atoms with Crippen LogP contribution in [0.3, 0.4) is 0 Å². The first-order valence-electron chi connectivity index (χ1n) is 11.1. The van der Waals surface area contributed by atoms with Crippen molar-refractivity contribution < 1.29 is 0 Å². The zero-order valence-corrected chi connectivity index (χ0v) is 18.7. The van der Waals surface area contributed by atoms with Crippen LogP contribution >= 0.6 is 11.6 Å². The molecule has 0 aliphatic rings. The highest BCUT2D eigenvalue weighted by Gasteiger charge is 2.12. The lowest BCUT2D eigenvalue weighted by Crippen LogP contribution is -2.28. The van der Waals surface area contributed by atoms with Crippen LogP contribution in [0.15, 0.2) is 48.5 Å².